The number of H-pyrrole nitrogens is 1. The highest BCUT2D eigenvalue weighted by atomic mass is 19.1. The van der Waals surface area contributed by atoms with Crippen LogP contribution in [0.2, 0.25) is 0 Å². The number of nitrogens with one attached hydrogen (secondary N) is 2. The molecule has 2 saturated heterocycles. The maximum absolute atomic E-state index is 14.1. The van der Waals surface area contributed by atoms with Crippen LogP contribution in [0.15, 0.2) is 24.4 Å². The molecule has 2 N–H and O–H groups in total. The maximum Gasteiger partial charge on any atom is 0.273 e. The highest BCUT2D eigenvalue weighted by Crippen LogP contribution is 2.32. The number of carbonyl (C=O) groups is 2. The van der Waals surface area contributed by atoms with Gasteiger partial charge in [0, 0.05) is 37.2 Å². The number of aromatic amines is 1. The fraction of sp³-hybridized carbons (Fsp3) is 0.421. The Balaban J connectivity index is 1.46. The zero-order chi connectivity index (χ0) is 19.7. The Hall–Kier alpha value is -2.78. The summed E-state index contributed by atoms with van der Waals surface area (Å²) in [7, 11) is 0. The van der Waals surface area contributed by atoms with Crippen LogP contribution in [0.4, 0.5) is 10.1 Å². The number of nitrogens with zero attached hydrogens (tertiary/aromatic N) is 2. The Bertz CT molecular complexity index is 897. The van der Waals surface area contributed by atoms with Gasteiger partial charge in [-0.25, -0.2) is 9.37 Å². The molecular weight excluding hydrogens is 367 g/mol. The largest absolute Gasteiger partial charge is 0.347 e. The second-order valence-corrected chi connectivity index (χ2v) is 6.96. The number of halogens is 1. The predicted molar refractivity (Wildman–Crippen MR) is 97.5 cm³/mol. The molecule has 0 unspecified atom stereocenters. The Morgan fingerprint density at radius 3 is 2.57 bits per heavy atom. The zero-order valence-corrected chi connectivity index (χ0v) is 15.5. The summed E-state index contributed by atoms with van der Waals surface area (Å²) >= 11 is 0. The van der Waals surface area contributed by atoms with Crippen LogP contribution in [0, 0.1) is 12.7 Å². The summed E-state index contributed by atoms with van der Waals surface area (Å²) in [6, 6.07) is 3.81. The van der Waals surface area contributed by atoms with Gasteiger partial charge in [-0.15, -0.1) is 0 Å². The van der Waals surface area contributed by atoms with E-state index in [1.54, 1.807) is 11.8 Å². The van der Waals surface area contributed by atoms with E-state index < -0.39 is 17.5 Å². The fourth-order valence-electron chi connectivity index (χ4n) is 3.54. The first-order valence-corrected chi connectivity index (χ1v) is 9.15. The van der Waals surface area contributed by atoms with E-state index in [0.717, 1.165) is 0 Å². The van der Waals surface area contributed by atoms with E-state index in [9.17, 15) is 14.0 Å². The second-order valence-electron chi connectivity index (χ2n) is 6.96. The molecule has 0 saturated carbocycles. The van der Waals surface area contributed by atoms with Crippen LogP contribution in [0.3, 0.4) is 0 Å². The minimum absolute atomic E-state index is 0.181. The molecular formula is C19H21FN4O4. The van der Waals surface area contributed by atoms with Gasteiger partial charge in [0.2, 0.25) is 0 Å². The number of imidazole rings is 1. The van der Waals surface area contributed by atoms with Gasteiger partial charge in [-0.3, -0.25) is 9.59 Å². The topological polar surface area (TPSA) is 96.6 Å². The van der Waals surface area contributed by atoms with Gasteiger partial charge in [-0.1, -0.05) is 0 Å². The van der Waals surface area contributed by atoms with Gasteiger partial charge in [0.05, 0.1) is 19.4 Å². The minimum Gasteiger partial charge on any atom is -0.347 e. The summed E-state index contributed by atoms with van der Waals surface area (Å²) in [5.74, 6) is -1.34. The van der Waals surface area contributed by atoms with Crippen molar-refractivity contribution < 1.29 is 23.5 Å². The van der Waals surface area contributed by atoms with Crippen molar-refractivity contribution in [1.29, 1.82) is 0 Å². The summed E-state index contributed by atoms with van der Waals surface area (Å²) in [6.45, 7) is 3.78. The Labute approximate surface area is 161 Å². The third kappa shape index (κ3) is 3.76. The molecule has 2 aliphatic rings. The van der Waals surface area contributed by atoms with E-state index in [-0.39, 0.29) is 22.9 Å². The average molecular weight is 388 g/mol. The van der Waals surface area contributed by atoms with E-state index in [1.165, 1.54) is 24.4 Å². The molecule has 2 amide bonds. The normalized spacial score (nSPS) is 18.4. The van der Waals surface area contributed by atoms with Crippen molar-refractivity contribution in [2.45, 2.75) is 25.6 Å². The molecule has 1 aromatic heterocycles. The van der Waals surface area contributed by atoms with Gasteiger partial charge >= 0.3 is 0 Å². The molecule has 0 aliphatic carbocycles. The van der Waals surface area contributed by atoms with Crippen LogP contribution in [-0.4, -0.2) is 58.8 Å². The first-order valence-electron chi connectivity index (χ1n) is 9.15. The molecule has 0 bridgehead atoms. The molecule has 1 spiro atoms. The van der Waals surface area contributed by atoms with Gasteiger partial charge < -0.3 is 24.7 Å². The first kappa shape index (κ1) is 18.6. The number of rotatable bonds is 3. The van der Waals surface area contributed by atoms with Crippen molar-refractivity contribution in [1.82, 2.24) is 14.9 Å². The van der Waals surface area contributed by atoms with Crippen LogP contribution in [0.25, 0.3) is 0 Å². The summed E-state index contributed by atoms with van der Waals surface area (Å²) in [6.07, 6.45) is 2.56. The minimum atomic E-state index is -0.599. The summed E-state index contributed by atoms with van der Waals surface area (Å²) in [5.41, 5.74) is 0.643. The highest BCUT2D eigenvalue weighted by Gasteiger charge is 2.40. The molecule has 0 radical (unpaired) electrons. The third-order valence-electron chi connectivity index (χ3n) is 4.98. The highest BCUT2D eigenvalue weighted by molar-refractivity contribution is 6.03. The summed E-state index contributed by atoms with van der Waals surface area (Å²) < 4.78 is 25.4. The number of carbonyl (C=O) groups excluding carboxylic acids is 2. The van der Waals surface area contributed by atoms with Crippen LogP contribution in [0.1, 0.15) is 39.5 Å². The molecule has 8 nitrogen and oxygen atoms in total. The van der Waals surface area contributed by atoms with Gasteiger partial charge in [0.1, 0.15) is 17.3 Å². The second kappa shape index (κ2) is 7.33. The van der Waals surface area contributed by atoms with E-state index in [4.69, 9.17) is 9.47 Å². The number of likely N-dealkylation sites (tertiary alicyclic amines) is 1. The van der Waals surface area contributed by atoms with Crippen molar-refractivity contribution >= 4 is 17.5 Å². The van der Waals surface area contributed by atoms with Crippen molar-refractivity contribution in [2.75, 3.05) is 31.6 Å². The monoisotopic (exact) mass is 388 g/mol. The van der Waals surface area contributed by atoms with Crippen LogP contribution in [-0.2, 0) is 9.47 Å². The van der Waals surface area contributed by atoms with E-state index in [1.807, 2.05) is 0 Å². The van der Waals surface area contributed by atoms with Crippen molar-refractivity contribution in [3.63, 3.8) is 0 Å². The molecule has 2 aromatic rings. The SMILES string of the molecule is Cc1ncc(C(=O)Nc2cc(F)cc(C(=O)N3CCC4(CC3)OCCO4)c2)[nH]1. The number of aryl methyl sites for hydroxylation is 1. The lowest BCUT2D eigenvalue weighted by atomic mass is 10.0. The summed E-state index contributed by atoms with van der Waals surface area (Å²) in [5, 5.41) is 2.59. The maximum atomic E-state index is 14.1. The van der Waals surface area contributed by atoms with Gasteiger partial charge in [0.25, 0.3) is 11.8 Å². The van der Waals surface area contributed by atoms with Gasteiger partial charge in [-0.2, -0.15) is 0 Å². The first-order chi connectivity index (χ1) is 13.4. The molecule has 3 heterocycles. The molecule has 148 valence electrons. The van der Waals surface area contributed by atoms with Gasteiger partial charge in [-0.05, 0) is 25.1 Å². The predicted octanol–water partition coefficient (Wildman–Crippen LogP) is 2.09. The number of piperidine rings is 1. The summed E-state index contributed by atoms with van der Waals surface area (Å²) in [4.78, 5) is 33.5. The lowest BCUT2D eigenvalue weighted by molar-refractivity contribution is -0.181. The van der Waals surface area contributed by atoms with E-state index >= 15 is 0 Å². The van der Waals surface area contributed by atoms with E-state index in [0.29, 0.717) is 45.0 Å². The van der Waals surface area contributed by atoms with Gasteiger partial charge in [0.15, 0.2) is 5.79 Å². The molecule has 9 heteroatoms. The quantitative estimate of drug-likeness (QED) is 0.839. The Morgan fingerprint density at radius 1 is 1.21 bits per heavy atom. The number of anilines is 1. The molecule has 28 heavy (non-hydrogen) atoms. The van der Waals surface area contributed by atoms with Crippen molar-refractivity contribution in [3.8, 4) is 0 Å². The third-order valence-corrected chi connectivity index (χ3v) is 4.98. The molecule has 1 aromatic carbocycles. The standard InChI is InChI=1S/C19H21FN4O4/c1-12-21-11-16(22-12)17(25)23-15-9-13(8-14(20)10-15)18(26)24-4-2-19(3-5-24)27-6-7-28-19/h8-11H,2-7H2,1H3,(H,21,22)(H,23,25). The number of ether oxygens (including phenoxy) is 2. The van der Waals surface area contributed by atoms with Crippen LogP contribution >= 0.6 is 0 Å². The molecule has 4 rings (SSSR count). The number of aromatic nitrogens is 2. The lowest BCUT2D eigenvalue weighted by Gasteiger charge is -2.37. The van der Waals surface area contributed by atoms with Crippen LogP contribution < -0.4 is 5.32 Å². The number of amides is 2. The molecule has 0 atom stereocenters. The van der Waals surface area contributed by atoms with Crippen LogP contribution in [0.5, 0.6) is 0 Å². The number of hydrogen-bond acceptors (Lipinski definition) is 5. The Kier molecular flexibility index (Phi) is 4.86. The zero-order valence-electron chi connectivity index (χ0n) is 15.5. The van der Waals surface area contributed by atoms with Crippen molar-refractivity contribution in [2.24, 2.45) is 0 Å². The fourth-order valence-corrected chi connectivity index (χ4v) is 3.54. The van der Waals surface area contributed by atoms with Crippen molar-refractivity contribution in [3.05, 3.63) is 47.3 Å². The number of benzene rings is 1. The Morgan fingerprint density at radius 2 is 1.93 bits per heavy atom. The molecule has 2 fully saturated rings. The van der Waals surface area contributed by atoms with E-state index in [2.05, 4.69) is 15.3 Å². The molecule has 2 aliphatic heterocycles. The average Bonchev–Trinajstić information content (AvgIpc) is 3.31. The smallest absolute Gasteiger partial charge is 0.273 e. The lowest BCUT2D eigenvalue weighted by Crippen LogP contribution is -2.47. The number of hydrogen-bond donors (Lipinski definition) is 2.